The van der Waals surface area contributed by atoms with E-state index < -0.39 is 18.2 Å². The van der Waals surface area contributed by atoms with Crippen molar-refractivity contribution in [1.29, 1.82) is 0 Å². The fourth-order valence-corrected chi connectivity index (χ4v) is 2.75. The Bertz CT molecular complexity index is 564. The van der Waals surface area contributed by atoms with Gasteiger partial charge in [0.05, 0.1) is 11.7 Å². The van der Waals surface area contributed by atoms with Gasteiger partial charge in [-0.05, 0) is 42.7 Å². The number of carboxylic acids is 1. The van der Waals surface area contributed by atoms with E-state index in [4.69, 9.17) is 9.84 Å². The normalized spacial score (nSPS) is 13.0. The smallest absolute Gasteiger partial charge is 0.335 e. The topological polar surface area (TPSA) is 83.8 Å². The van der Waals surface area contributed by atoms with Crippen LogP contribution in [0, 0.1) is 0 Å². The largest absolute Gasteiger partial charge is 0.488 e. The van der Waals surface area contributed by atoms with Gasteiger partial charge in [0.1, 0.15) is 18.1 Å². The number of aromatic carboxylic acids is 1. The molecule has 5 nitrogen and oxygen atoms in total. The molecule has 0 aliphatic rings. The minimum absolute atomic E-state index is 0.164. The van der Waals surface area contributed by atoms with Gasteiger partial charge in [-0.3, -0.25) is 4.79 Å². The lowest BCUT2D eigenvalue weighted by atomic mass is 9.99. The Morgan fingerprint density at radius 3 is 2.35 bits per heavy atom. The number of carboxylic acid groups (broad SMARTS) is 1. The van der Waals surface area contributed by atoms with Gasteiger partial charge in [-0.15, -0.1) is 0 Å². The highest BCUT2D eigenvalue weighted by Crippen LogP contribution is 2.21. The number of hydrogen-bond donors (Lipinski definition) is 2. The molecule has 26 heavy (non-hydrogen) atoms. The number of aliphatic hydroxyl groups excluding tert-OH is 1. The van der Waals surface area contributed by atoms with Crippen molar-refractivity contribution in [2.45, 2.75) is 70.5 Å². The van der Waals surface area contributed by atoms with Gasteiger partial charge in [-0.1, -0.05) is 45.6 Å². The Balaban J connectivity index is 2.64. The fourth-order valence-electron chi connectivity index (χ4n) is 2.75. The van der Waals surface area contributed by atoms with Crippen LogP contribution in [0.2, 0.25) is 0 Å². The third-order valence-electron chi connectivity index (χ3n) is 4.30. The van der Waals surface area contributed by atoms with Crippen LogP contribution >= 0.6 is 0 Å². The van der Waals surface area contributed by atoms with Gasteiger partial charge in [-0.25, -0.2) is 4.79 Å². The molecule has 5 heteroatoms. The van der Waals surface area contributed by atoms with Gasteiger partial charge in [0.25, 0.3) is 0 Å². The first-order valence-corrected chi connectivity index (χ1v) is 9.29. The first kappa shape index (κ1) is 21.9. The van der Waals surface area contributed by atoms with Crippen molar-refractivity contribution >= 4 is 12.3 Å². The molecule has 2 unspecified atom stereocenters. The maximum Gasteiger partial charge on any atom is 0.335 e. The zero-order chi connectivity index (χ0) is 19.4. The van der Waals surface area contributed by atoms with Gasteiger partial charge in [0, 0.05) is 6.42 Å². The summed E-state index contributed by atoms with van der Waals surface area (Å²) in [5.74, 6) is -0.496. The molecule has 2 atom stereocenters. The molecule has 0 heterocycles. The summed E-state index contributed by atoms with van der Waals surface area (Å²) in [7, 11) is 0. The van der Waals surface area contributed by atoms with E-state index in [9.17, 15) is 14.7 Å². The molecule has 144 valence electrons. The van der Waals surface area contributed by atoms with Crippen LogP contribution in [0.25, 0.3) is 0 Å². The summed E-state index contributed by atoms with van der Waals surface area (Å²) in [6.07, 6.45) is 6.97. The third-order valence-corrected chi connectivity index (χ3v) is 4.30. The number of hydrogen-bond acceptors (Lipinski definition) is 4. The average molecular weight is 362 g/mol. The Kier molecular flexibility index (Phi) is 10.3. The van der Waals surface area contributed by atoms with Gasteiger partial charge in [-0.2, -0.15) is 0 Å². The highest BCUT2D eigenvalue weighted by molar-refractivity contribution is 5.87. The number of aliphatic hydroxyl groups is 1. The fraction of sp³-hybridized carbons (Fsp3) is 0.524. The molecular weight excluding hydrogens is 332 g/mol. The summed E-state index contributed by atoms with van der Waals surface area (Å²) >= 11 is 0. The molecule has 0 aromatic heterocycles. The summed E-state index contributed by atoms with van der Waals surface area (Å²) in [5, 5.41) is 19.4. The van der Waals surface area contributed by atoms with Crippen LogP contribution in [0.5, 0.6) is 5.75 Å². The molecule has 1 aromatic carbocycles. The van der Waals surface area contributed by atoms with Crippen molar-refractivity contribution in [2.24, 2.45) is 0 Å². The minimum Gasteiger partial charge on any atom is -0.488 e. The van der Waals surface area contributed by atoms with Crippen molar-refractivity contribution in [3.8, 4) is 5.75 Å². The van der Waals surface area contributed by atoms with E-state index in [1.807, 2.05) is 0 Å². The molecule has 0 bridgehead atoms. The lowest BCUT2D eigenvalue weighted by Gasteiger charge is -2.24. The molecule has 0 amide bonds. The highest BCUT2D eigenvalue weighted by atomic mass is 16.5. The molecule has 0 aliphatic carbocycles. The number of rotatable bonds is 14. The summed E-state index contributed by atoms with van der Waals surface area (Å²) in [4.78, 5) is 21.7. The van der Waals surface area contributed by atoms with Gasteiger partial charge >= 0.3 is 5.97 Å². The maximum absolute atomic E-state index is 10.9. The molecule has 0 aliphatic heterocycles. The third kappa shape index (κ3) is 8.30. The molecule has 2 N–H and O–H groups in total. The van der Waals surface area contributed by atoms with Crippen LogP contribution < -0.4 is 4.74 Å². The van der Waals surface area contributed by atoms with E-state index in [1.165, 1.54) is 31.4 Å². The zero-order valence-electron chi connectivity index (χ0n) is 15.5. The Labute approximate surface area is 155 Å². The predicted molar refractivity (Wildman–Crippen MR) is 102 cm³/mol. The van der Waals surface area contributed by atoms with Gasteiger partial charge < -0.3 is 14.9 Å². The Morgan fingerprint density at radius 1 is 1.15 bits per heavy atom. The quantitative estimate of drug-likeness (QED) is 0.291. The zero-order valence-corrected chi connectivity index (χ0v) is 15.5. The van der Waals surface area contributed by atoms with Crippen LogP contribution in [-0.4, -0.2) is 34.7 Å². The van der Waals surface area contributed by atoms with E-state index in [0.29, 0.717) is 24.0 Å². The lowest BCUT2D eigenvalue weighted by Crippen LogP contribution is -2.32. The molecule has 1 aromatic rings. The summed E-state index contributed by atoms with van der Waals surface area (Å²) in [6, 6.07) is 6.10. The van der Waals surface area contributed by atoms with E-state index in [-0.39, 0.29) is 12.0 Å². The summed E-state index contributed by atoms with van der Waals surface area (Å²) in [5.41, 5.74) is 0.509. The van der Waals surface area contributed by atoms with Crippen LogP contribution in [0.3, 0.4) is 0 Å². The molecule has 0 spiro atoms. The maximum atomic E-state index is 10.9. The molecule has 0 saturated heterocycles. The van der Waals surface area contributed by atoms with Crippen LogP contribution in [-0.2, 0) is 4.79 Å². The average Bonchev–Trinajstić information content (AvgIpc) is 2.63. The standard InChI is InChI=1S/C21H30O5/c1-3-4-5-6-7-8-9-20(19(23)14-16(2)15-22)26-18-12-10-17(11-13-18)21(24)25/h10-13,15,19-20,23H,2-9,14H2,1H3,(H,24,25). The van der Waals surface area contributed by atoms with E-state index in [0.717, 1.165) is 19.3 Å². The number of carbonyl (C=O) groups excluding carboxylic acids is 1. The second kappa shape index (κ2) is 12.3. The van der Waals surface area contributed by atoms with Crippen molar-refractivity contribution in [2.75, 3.05) is 0 Å². The summed E-state index contributed by atoms with van der Waals surface area (Å²) in [6.45, 7) is 5.79. The predicted octanol–water partition coefficient (Wildman–Crippen LogP) is 4.39. The highest BCUT2D eigenvalue weighted by Gasteiger charge is 2.22. The van der Waals surface area contributed by atoms with Crippen molar-refractivity contribution in [3.05, 3.63) is 42.0 Å². The van der Waals surface area contributed by atoms with Crippen LogP contribution in [0.15, 0.2) is 36.4 Å². The van der Waals surface area contributed by atoms with Gasteiger partial charge in [0.2, 0.25) is 0 Å². The summed E-state index contributed by atoms with van der Waals surface area (Å²) < 4.78 is 5.88. The Morgan fingerprint density at radius 2 is 1.77 bits per heavy atom. The molecule has 1 rings (SSSR count). The second-order valence-electron chi connectivity index (χ2n) is 6.59. The molecule has 0 saturated carbocycles. The second-order valence-corrected chi connectivity index (χ2v) is 6.59. The lowest BCUT2D eigenvalue weighted by molar-refractivity contribution is -0.105. The van der Waals surface area contributed by atoms with Crippen LogP contribution in [0.4, 0.5) is 0 Å². The number of aldehydes is 1. The number of carbonyl (C=O) groups is 2. The van der Waals surface area contributed by atoms with E-state index in [1.54, 1.807) is 12.1 Å². The van der Waals surface area contributed by atoms with Crippen molar-refractivity contribution in [1.82, 2.24) is 0 Å². The number of unbranched alkanes of at least 4 members (excludes halogenated alkanes) is 5. The number of ether oxygens (including phenoxy) is 1. The van der Waals surface area contributed by atoms with Crippen LogP contribution in [0.1, 0.15) is 68.6 Å². The van der Waals surface area contributed by atoms with Gasteiger partial charge in [0.15, 0.2) is 0 Å². The minimum atomic E-state index is -0.998. The first-order chi connectivity index (χ1) is 12.5. The SMILES string of the molecule is C=C(C=O)CC(O)C(CCCCCCCC)Oc1ccc(C(=O)O)cc1. The molecule has 0 radical (unpaired) electrons. The monoisotopic (exact) mass is 362 g/mol. The Hall–Kier alpha value is -2.14. The van der Waals surface area contributed by atoms with Crippen molar-refractivity contribution < 1.29 is 24.5 Å². The van der Waals surface area contributed by atoms with E-state index in [2.05, 4.69) is 13.5 Å². The van der Waals surface area contributed by atoms with E-state index >= 15 is 0 Å². The first-order valence-electron chi connectivity index (χ1n) is 9.29. The van der Waals surface area contributed by atoms with Crippen molar-refractivity contribution in [3.63, 3.8) is 0 Å². The number of benzene rings is 1. The molecule has 0 fully saturated rings. The molecular formula is C21H30O5.